The van der Waals surface area contributed by atoms with E-state index in [2.05, 4.69) is 30.9 Å². The van der Waals surface area contributed by atoms with Crippen LogP contribution in [-0.2, 0) is 57.8 Å². The zero-order valence-corrected chi connectivity index (χ0v) is 59.9. The minimum Gasteiger partial charge on any atom is -0.493 e. The third-order valence-corrected chi connectivity index (χ3v) is 21.0. The Labute approximate surface area is 585 Å². The summed E-state index contributed by atoms with van der Waals surface area (Å²) in [5, 5.41) is 23.1. The second kappa shape index (κ2) is 38.1. The number of ether oxygens (including phenoxy) is 6. The van der Waals surface area contributed by atoms with E-state index in [9.17, 15) is 28.8 Å². The topological polar surface area (TPSA) is 380 Å². The van der Waals surface area contributed by atoms with Crippen molar-refractivity contribution in [1.29, 1.82) is 0 Å². The highest BCUT2D eigenvalue weighted by Gasteiger charge is 2.50. The van der Waals surface area contributed by atoms with E-state index in [0.717, 1.165) is 0 Å². The summed E-state index contributed by atoms with van der Waals surface area (Å²) >= 11 is 0. The lowest BCUT2D eigenvalue weighted by Crippen LogP contribution is -2.13. The number of nitrogens with zero attached hydrogens (tertiary/aromatic N) is 9. The maximum atomic E-state index is 12.2. The molecular weight excluding hydrogens is 1400 g/mol. The van der Waals surface area contributed by atoms with Crippen molar-refractivity contribution in [3.05, 3.63) is 143 Å². The molecule has 0 saturated heterocycles. The Morgan fingerprint density at radius 1 is 0.265 bits per heavy atom. The van der Waals surface area contributed by atoms with Gasteiger partial charge in [-0.15, -0.1) is 0 Å². The molecule has 33 nitrogen and oxygen atoms in total. The van der Waals surface area contributed by atoms with Gasteiger partial charge in [0.15, 0.2) is 69.0 Å². The van der Waals surface area contributed by atoms with Gasteiger partial charge < -0.3 is 84.6 Å². The predicted octanol–water partition coefficient (Wildman–Crippen LogP) is 14.1. The van der Waals surface area contributed by atoms with Gasteiger partial charge in [0.2, 0.25) is 0 Å². The van der Waals surface area contributed by atoms with Crippen LogP contribution in [0.2, 0.25) is 0 Å². The SMILES string of the molecule is CCC(=O)O/N=C/c1ccc(OP2(Oc3ccc(/C=N/OC(=O)CC)cc3OC)=NP(Oc3ccc(/C=N/OC(=O)CC)cc3OC)(Oc3ccc(/C=N/OC(=O)CC)cc3OC)=NP(Oc3ccc(/C=N/OC(=O)CC)cc3OC)(Oc3ccc(/C=N/OC(=O)CC)cc3OC)=N2)c(OC)c1. The van der Waals surface area contributed by atoms with Gasteiger partial charge in [-0.3, -0.25) is 0 Å². The Balaban J connectivity index is 1.71. The third-order valence-electron chi connectivity index (χ3n) is 13.0. The first-order chi connectivity index (χ1) is 49.2. The molecular formula is C66H72N9O24P3. The summed E-state index contributed by atoms with van der Waals surface area (Å²) in [6, 6.07) is 26.6. The number of hydrogen-bond donors (Lipinski definition) is 0. The summed E-state index contributed by atoms with van der Waals surface area (Å²) in [5.74, 6) is -4.85. The number of rotatable bonds is 36. The van der Waals surface area contributed by atoms with Crippen LogP contribution in [-0.4, -0.2) is 116 Å². The molecule has 1 heterocycles. The second-order valence-electron chi connectivity index (χ2n) is 20.1. The van der Waals surface area contributed by atoms with Crippen molar-refractivity contribution in [3.8, 4) is 69.0 Å². The zero-order valence-electron chi connectivity index (χ0n) is 57.3. The Kier molecular flexibility index (Phi) is 29.1. The van der Waals surface area contributed by atoms with Crippen LogP contribution < -0.4 is 55.6 Å². The normalized spacial score (nSPS) is 13.4. The molecule has 36 heteroatoms. The van der Waals surface area contributed by atoms with Gasteiger partial charge in [-0.1, -0.05) is 86.0 Å². The van der Waals surface area contributed by atoms with Gasteiger partial charge in [0.25, 0.3) is 0 Å². The van der Waals surface area contributed by atoms with Gasteiger partial charge in [0, 0.05) is 71.9 Å². The van der Waals surface area contributed by atoms with Crippen LogP contribution in [0.1, 0.15) is 113 Å². The Morgan fingerprint density at radius 3 is 0.539 bits per heavy atom. The molecule has 0 radical (unpaired) electrons. The van der Waals surface area contributed by atoms with E-state index >= 15 is 0 Å². The maximum absolute atomic E-state index is 12.2. The molecule has 6 aromatic rings. The Morgan fingerprint density at radius 2 is 0.412 bits per heavy atom. The van der Waals surface area contributed by atoms with E-state index in [1.165, 1.54) is 189 Å². The fraction of sp³-hybridized carbons (Fsp3) is 0.273. The summed E-state index contributed by atoms with van der Waals surface area (Å²) in [6.07, 6.45) is 7.71. The molecule has 7 rings (SSSR count). The number of oxime groups is 6. The highest BCUT2D eigenvalue weighted by molar-refractivity contribution is 7.79. The highest BCUT2D eigenvalue weighted by atomic mass is 31.3. The van der Waals surface area contributed by atoms with Crippen molar-refractivity contribution in [2.45, 2.75) is 80.1 Å². The van der Waals surface area contributed by atoms with Gasteiger partial charge in [0.1, 0.15) is 0 Å². The van der Waals surface area contributed by atoms with Crippen molar-refractivity contribution in [1.82, 2.24) is 0 Å². The summed E-state index contributed by atoms with van der Waals surface area (Å²) < 4.78 is 95.6. The largest absolute Gasteiger partial charge is 0.493 e. The standard InChI is InChI=1S/C66H72N9O24P3/c1-13-61(76)88-67-37-43-19-25-49(55(31-43)82-7)94-100(95-50-26-20-44(32-56(50)83-8)38-68-89-62(77)14-2)73-101(96-51-27-21-45(33-57(51)84-9)39-69-90-63(78)15-3,97-52-28-22-46(34-58(52)85-10)40-70-91-64(79)16-4)75-102(74-100,98-53-29-23-47(35-59(53)86-11)41-71-92-65(80)17-5)99-54-30-24-48(36-60(54)87-12)42-72-93-66(81)18-6/h19-42H,13-18H2,1-12H3/b67-37+,68-38+,69-39+,70-40+,71-41+,72-42+. The molecule has 0 aromatic heterocycles. The van der Waals surface area contributed by atoms with Crippen LogP contribution in [0.15, 0.2) is 154 Å². The summed E-state index contributed by atoms with van der Waals surface area (Å²) in [6.45, 7) is 9.60. The molecule has 0 spiro atoms. The third kappa shape index (κ3) is 22.2. The number of carbonyl (C=O) groups excluding carboxylic acids is 6. The first kappa shape index (κ1) is 77.8. The molecule has 0 atom stereocenters. The average molecular weight is 1470 g/mol. The van der Waals surface area contributed by atoms with E-state index in [1.807, 2.05) is 0 Å². The van der Waals surface area contributed by atoms with E-state index in [-0.39, 0.29) is 108 Å². The van der Waals surface area contributed by atoms with Crippen LogP contribution >= 0.6 is 23.0 Å². The van der Waals surface area contributed by atoms with E-state index in [1.54, 1.807) is 41.5 Å². The smallest absolute Gasteiger partial charge is 0.461 e. The fourth-order valence-electron chi connectivity index (χ4n) is 7.83. The monoisotopic (exact) mass is 1470 g/mol. The number of benzene rings is 6. The summed E-state index contributed by atoms with van der Waals surface area (Å²) in [5.41, 5.74) is 1.98. The van der Waals surface area contributed by atoms with Crippen molar-refractivity contribution in [3.63, 3.8) is 0 Å². The minimum absolute atomic E-state index is 0.0347. The van der Waals surface area contributed by atoms with Crippen LogP contribution in [0.25, 0.3) is 0 Å². The fourth-order valence-corrected chi connectivity index (χ4v) is 17.0. The molecule has 6 aromatic carbocycles. The van der Waals surface area contributed by atoms with Gasteiger partial charge in [-0.05, 0) is 109 Å². The number of hydrogen-bond acceptors (Lipinski definition) is 33. The molecule has 0 amide bonds. The summed E-state index contributed by atoms with van der Waals surface area (Å²) in [4.78, 5) is 103. The molecule has 0 fully saturated rings. The first-order valence-electron chi connectivity index (χ1n) is 30.8. The molecule has 0 aliphatic carbocycles. The van der Waals surface area contributed by atoms with Crippen LogP contribution in [0.5, 0.6) is 69.0 Å². The van der Waals surface area contributed by atoms with Crippen LogP contribution in [0.3, 0.4) is 0 Å². The van der Waals surface area contributed by atoms with E-state index in [0.29, 0.717) is 33.4 Å². The van der Waals surface area contributed by atoms with E-state index in [4.69, 9.17) is 98.1 Å². The molecule has 1 aliphatic heterocycles. The van der Waals surface area contributed by atoms with E-state index < -0.39 is 58.8 Å². The number of carbonyl (C=O) groups is 6. The molecule has 102 heavy (non-hydrogen) atoms. The second-order valence-corrected chi connectivity index (χ2v) is 26.2. The Hall–Kier alpha value is -11.6. The Bertz CT molecular complexity index is 3700. The molecule has 0 bridgehead atoms. The van der Waals surface area contributed by atoms with Crippen LogP contribution in [0, 0.1) is 0 Å². The average Bonchev–Trinajstić information content (AvgIpc) is 0.730. The molecule has 0 unspecified atom stereocenters. The van der Waals surface area contributed by atoms with Crippen molar-refractivity contribution >= 4 is 96.1 Å². The van der Waals surface area contributed by atoms with Gasteiger partial charge in [-0.2, -0.15) is 0 Å². The van der Waals surface area contributed by atoms with Crippen molar-refractivity contribution in [2.24, 2.45) is 44.5 Å². The van der Waals surface area contributed by atoms with Crippen molar-refractivity contribution in [2.75, 3.05) is 42.7 Å². The molecule has 540 valence electrons. The number of methoxy groups -OCH3 is 6. The lowest BCUT2D eigenvalue weighted by Gasteiger charge is -2.34. The van der Waals surface area contributed by atoms with Gasteiger partial charge in [-0.25, -0.2) is 28.8 Å². The molecule has 0 saturated carbocycles. The molecule has 1 aliphatic rings. The first-order valence-corrected chi connectivity index (χ1v) is 35.4. The highest BCUT2D eigenvalue weighted by Crippen LogP contribution is 2.80. The molecule has 0 N–H and O–H groups in total. The maximum Gasteiger partial charge on any atom is 0.461 e. The summed E-state index contributed by atoms with van der Waals surface area (Å²) in [7, 11) is -7.34. The van der Waals surface area contributed by atoms with Crippen LogP contribution in [0.4, 0.5) is 0 Å². The predicted molar refractivity (Wildman–Crippen MR) is 374 cm³/mol. The van der Waals surface area contributed by atoms with Gasteiger partial charge >= 0.3 is 58.8 Å². The van der Waals surface area contributed by atoms with Gasteiger partial charge in [0.05, 0.1) is 79.9 Å². The minimum atomic E-state index is -5.11. The zero-order chi connectivity index (χ0) is 73.7. The van der Waals surface area contributed by atoms with Crippen molar-refractivity contribution < 1.29 is 113 Å². The lowest BCUT2D eigenvalue weighted by atomic mass is 10.2. The quantitative estimate of drug-likeness (QED) is 0.0153. The lowest BCUT2D eigenvalue weighted by molar-refractivity contribution is -0.144.